The first-order chi connectivity index (χ1) is 13.3. The highest BCUT2D eigenvalue weighted by Crippen LogP contribution is 2.35. The maximum Gasteiger partial charge on any atom is 0.147 e. The van der Waals surface area contributed by atoms with E-state index in [-0.39, 0.29) is 17.8 Å². The van der Waals surface area contributed by atoms with Gasteiger partial charge in [0.15, 0.2) is 0 Å². The van der Waals surface area contributed by atoms with Gasteiger partial charge in [0.25, 0.3) is 0 Å². The Morgan fingerprint density at radius 3 is 2.75 bits per heavy atom. The molecular formula is C20H19BrCl2FN3O. The lowest BCUT2D eigenvalue weighted by Gasteiger charge is -2.32. The fourth-order valence-electron chi connectivity index (χ4n) is 2.94. The summed E-state index contributed by atoms with van der Waals surface area (Å²) in [6.45, 7) is 3.29. The van der Waals surface area contributed by atoms with Crippen LogP contribution in [0.3, 0.4) is 0 Å². The number of fused-ring (bicyclic) bond motifs is 1. The van der Waals surface area contributed by atoms with E-state index in [1.165, 1.54) is 17.2 Å². The van der Waals surface area contributed by atoms with E-state index in [2.05, 4.69) is 40.1 Å². The molecule has 0 radical (unpaired) electrons. The summed E-state index contributed by atoms with van der Waals surface area (Å²) in [6, 6.07) is 8.63. The third kappa shape index (κ3) is 5.45. The van der Waals surface area contributed by atoms with E-state index >= 15 is 0 Å². The van der Waals surface area contributed by atoms with Gasteiger partial charge in [-0.3, -0.25) is 4.90 Å². The van der Waals surface area contributed by atoms with E-state index in [1.54, 1.807) is 0 Å². The summed E-state index contributed by atoms with van der Waals surface area (Å²) in [5, 5.41) is 12.7. The average Bonchev–Trinajstić information content (AvgIpc) is 2.65. The number of benzene rings is 2. The van der Waals surface area contributed by atoms with Crippen molar-refractivity contribution in [1.82, 2.24) is 4.90 Å². The van der Waals surface area contributed by atoms with Crippen LogP contribution < -0.4 is 5.32 Å². The molecule has 0 saturated carbocycles. The lowest BCUT2D eigenvalue weighted by atomic mass is 9.94. The van der Waals surface area contributed by atoms with Crippen molar-refractivity contribution in [2.75, 3.05) is 25.5 Å². The van der Waals surface area contributed by atoms with Gasteiger partial charge in [0, 0.05) is 27.1 Å². The highest BCUT2D eigenvalue weighted by Gasteiger charge is 2.23. The predicted molar refractivity (Wildman–Crippen MR) is 115 cm³/mol. The van der Waals surface area contributed by atoms with Crippen molar-refractivity contribution in [2.45, 2.75) is 19.4 Å². The number of anilines is 1. The van der Waals surface area contributed by atoms with Crippen LogP contribution in [-0.4, -0.2) is 31.3 Å². The molecule has 2 aromatic rings. The van der Waals surface area contributed by atoms with Gasteiger partial charge in [0.2, 0.25) is 0 Å². The van der Waals surface area contributed by atoms with E-state index in [0.29, 0.717) is 16.8 Å². The second-order valence-electron chi connectivity index (χ2n) is 6.34. The monoisotopic (exact) mass is 485 g/mol. The maximum absolute atomic E-state index is 13.2. The molecule has 148 valence electrons. The van der Waals surface area contributed by atoms with Crippen LogP contribution in [0.25, 0.3) is 0 Å². The Morgan fingerprint density at radius 1 is 1.39 bits per heavy atom. The number of aldehydes is 1. The van der Waals surface area contributed by atoms with Crippen molar-refractivity contribution < 1.29 is 9.18 Å². The van der Waals surface area contributed by atoms with E-state index in [4.69, 9.17) is 28.5 Å². The van der Waals surface area contributed by atoms with Gasteiger partial charge in [-0.15, -0.1) is 0 Å². The zero-order valence-electron chi connectivity index (χ0n) is 15.4. The average molecular weight is 487 g/mol. The topological polar surface area (TPSA) is 56.1 Å². The van der Waals surface area contributed by atoms with Crippen molar-refractivity contribution in [3.8, 4) is 6.07 Å². The number of halogens is 4. The Morgan fingerprint density at radius 2 is 2.11 bits per heavy atom. The van der Waals surface area contributed by atoms with E-state index in [9.17, 15) is 9.18 Å². The highest BCUT2D eigenvalue weighted by atomic mass is 79.9. The minimum Gasteiger partial charge on any atom is -0.376 e. The standard InChI is InChI=1S/C11H13Cl2N.C9H6BrFN2O/c1-7-11-8(3-4-14(7)2)5-9(12)6-10(11)13;10-7-4-9(13-1-2-14)8(11)3-6(7)5-12/h5-7H,3-4H2,1-2H3;2-4,13H,1H2. The lowest BCUT2D eigenvalue weighted by Crippen LogP contribution is -2.30. The Labute approximate surface area is 182 Å². The largest absolute Gasteiger partial charge is 0.376 e. The number of carbonyl (C=O) groups is 1. The molecule has 0 saturated heterocycles. The number of hydrogen-bond acceptors (Lipinski definition) is 4. The van der Waals surface area contributed by atoms with Crippen molar-refractivity contribution in [3.05, 3.63) is 61.3 Å². The second-order valence-corrected chi connectivity index (χ2v) is 8.04. The molecule has 28 heavy (non-hydrogen) atoms. The van der Waals surface area contributed by atoms with Crippen LogP contribution in [0.4, 0.5) is 10.1 Å². The molecular weight excluding hydrogens is 468 g/mol. The molecule has 4 nitrogen and oxygen atoms in total. The number of rotatable bonds is 3. The molecule has 0 spiro atoms. The number of carbonyl (C=O) groups excluding carboxylic acids is 1. The maximum atomic E-state index is 13.2. The summed E-state index contributed by atoms with van der Waals surface area (Å²) in [4.78, 5) is 12.4. The Balaban J connectivity index is 0.000000200. The number of nitriles is 1. The number of nitrogens with one attached hydrogen (secondary N) is 1. The summed E-state index contributed by atoms with van der Waals surface area (Å²) < 4.78 is 13.7. The smallest absolute Gasteiger partial charge is 0.147 e. The van der Waals surface area contributed by atoms with E-state index < -0.39 is 5.82 Å². The van der Waals surface area contributed by atoms with Crippen molar-refractivity contribution in [2.24, 2.45) is 0 Å². The molecule has 8 heteroatoms. The van der Waals surface area contributed by atoms with Gasteiger partial charge >= 0.3 is 0 Å². The molecule has 1 unspecified atom stereocenters. The molecule has 1 heterocycles. The number of likely N-dealkylation sites (N-methyl/N-ethyl adjacent to an activating group) is 1. The van der Waals surface area contributed by atoms with Gasteiger partial charge in [0.1, 0.15) is 18.2 Å². The zero-order valence-corrected chi connectivity index (χ0v) is 18.5. The first kappa shape index (κ1) is 22.6. The molecule has 0 aromatic heterocycles. The van der Waals surface area contributed by atoms with Gasteiger partial charge in [-0.2, -0.15) is 5.26 Å². The molecule has 1 aliphatic rings. The second kappa shape index (κ2) is 10.2. The number of nitrogens with zero attached hydrogens (tertiary/aromatic N) is 2. The number of hydrogen-bond donors (Lipinski definition) is 1. The highest BCUT2D eigenvalue weighted by molar-refractivity contribution is 9.10. The molecule has 0 aliphatic carbocycles. The van der Waals surface area contributed by atoms with Crippen LogP contribution in [0.5, 0.6) is 0 Å². The quantitative estimate of drug-likeness (QED) is 0.572. The van der Waals surface area contributed by atoms with Gasteiger partial charge in [-0.1, -0.05) is 23.2 Å². The Kier molecular flexibility index (Phi) is 8.26. The van der Waals surface area contributed by atoms with Crippen molar-refractivity contribution in [3.63, 3.8) is 0 Å². The molecule has 1 atom stereocenters. The summed E-state index contributed by atoms with van der Waals surface area (Å²) >= 11 is 15.3. The van der Waals surface area contributed by atoms with Gasteiger partial charge in [-0.25, -0.2) is 4.39 Å². The summed E-state index contributed by atoms with van der Waals surface area (Å²) in [5.74, 6) is -0.549. The van der Waals surface area contributed by atoms with Crippen LogP contribution in [-0.2, 0) is 11.2 Å². The van der Waals surface area contributed by atoms with Crippen LogP contribution in [0, 0.1) is 17.1 Å². The van der Waals surface area contributed by atoms with Crippen LogP contribution in [0.1, 0.15) is 29.7 Å². The van der Waals surface area contributed by atoms with Gasteiger partial charge in [0.05, 0.1) is 17.8 Å². The lowest BCUT2D eigenvalue weighted by molar-refractivity contribution is -0.106. The van der Waals surface area contributed by atoms with Crippen LogP contribution in [0.2, 0.25) is 10.0 Å². The fraction of sp³-hybridized carbons (Fsp3) is 0.300. The Hall–Kier alpha value is -1.65. The SMILES string of the molecule is CC1c2c(Cl)cc(Cl)cc2CCN1C.N#Cc1cc(F)c(NCC=O)cc1Br. The summed E-state index contributed by atoms with van der Waals surface area (Å²) in [5.41, 5.74) is 2.96. The van der Waals surface area contributed by atoms with Crippen LogP contribution >= 0.6 is 39.1 Å². The molecule has 0 amide bonds. The van der Waals surface area contributed by atoms with Crippen LogP contribution in [0.15, 0.2) is 28.7 Å². The first-order valence-electron chi connectivity index (χ1n) is 8.53. The zero-order chi connectivity index (χ0) is 20.8. The van der Waals surface area contributed by atoms with E-state index in [0.717, 1.165) is 29.1 Å². The van der Waals surface area contributed by atoms with Crippen molar-refractivity contribution in [1.29, 1.82) is 5.26 Å². The molecule has 2 aromatic carbocycles. The molecule has 0 bridgehead atoms. The fourth-order valence-corrected chi connectivity index (χ4v) is 4.07. The van der Waals surface area contributed by atoms with Crippen molar-refractivity contribution >= 4 is 51.1 Å². The first-order valence-corrected chi connectivity index (χ1v) is 10.1. The van der Waals surface area contributed by atoms with Gasteiger partial charge < -0.3 is 10.1 Å². The third-order valence-corrected chi connectivity index (χ3v) is 5.73. The minimum atomic E-state index is -0.549. The molecule has 3 rings (SSSR count). The molecule has 0 fully saturated rings. The predicted octanol–water partition coefficient (Wildman–Crippen LogP) is 5.61. The normalized spacial score (nSPS) is 15.7. The van der Waals surface area contributed by atoms with E-state index in [1.807, 2.05) is 18.2 Å². The molecule has 1 N–H and O–H groups in total. The minimum absolute atomic E-state index is 0.0370. The summed E-state index contributed by atoms with van der Waals surface area (Å²) in [6.07, 6.45) is 1.67. The summed E-state index contributed by atoms with van der Waals surface area (Å²) in [7, 11) is 2.12. The Bertz CT molecular complexity index is 917. The molecule has 1 aliphatic heterocycles. The van der Waals surface area contributed by atoms with Gasteiger partial charge in [-0.05, 0) is 71.7 Å². The third-order valence-electron chi connectivity index (χ3n) is 4.55.